The molecule has 1 aliphatic heterocycles. The highest BCUT2D eigenvalue weighted by Crippen LogP contribution is 2.68. The molecule has 1 aromatic carbocycles. The van der Waals surface area contributed by atoms with Gasteiger partial charge in [0.15, 0.2) is 0 Å². The van der Waals surface area contributed by atoms with Crippen LogP contribution in [0, 0.1) is 46.3 Å². The van der Waals surface area contributed by atoms with Gasteiger partial charge in [0.2, 0.25) is 5.91 Å². The summed E-state index contributed by atoms with van der Waals surface area (Å²) in [4.78, 5) is 13.0. The van der Waals surface area contributed by atoms with Crippen molar-refractivity contribution in [2.24, 2.45) is 46.3 Å². The van der Waals surface area contributed by atoms with Crippen molar-refractivity contribution in [1.82, 2.24) is 0 Å². The lowest BCUT2D eigenvalue weighted by molar-refractivity contribution is -0.174. The third-order valence-corrected chi connectivity index (χ3v) is 12.6. The Hall–Kier alpha value is -2.11. The maximum Gasteiger partial charge on any atom is 0.224 e. The van der Waals surface area contributed by atoms with Crippen LogP contribution in [0.4, 0.5) is 5.69 Å². The van der Waals surface area contributed by atoms with Crippen molar-refractivity contribution in [2.45, 2.75) is 104 Å². The maximum atomic E-state index is 13.0. The Morgan fingerprint density at radius 1 is 1.12 bits per heavy atom. The molecule has 4 aliphatic carbocycles. The van der Waals surface area contributed by atoms with E-state index in [0.29, 0.717) is 47.7 Å². The Balaban J connectivity index is 1.09. The van der Waals surface area contributed by atoms with Gasteiger partial charge in [-0.1, -0.05) is 27.4 Å². The zero-order valence-corrected chi connectivity index (χ0v) is 24.9. The Bertz CT molecular complexity index is 1210. The second-order valence-electron chi connectivity index (χ2n) is 14.6. The summed E-state index contributed by atoms with van der Waals surface area (Å²) in [6, 6.07) is 5.82. The summed E-state index contributed by atoms with van der Waals surface area (Å²) in [5, 5.41) is 25.2. The molecule has 4 fully saturated rings. The molecule has 10 atom stereocenters. The zero-order valence-electron chi connectivity index (χ0n) is 24.9. The maximum absolute atomic E-state index is 13.0. The molecule has 1 amide bonds. The van der Waals surface area contributed by atoms with Gasteiger partial charge >= 0.3 is 0 Å². The lowest BCUT2D eigenvalue weighted by atomic mass is 9.43. The molecule has 10 unspecified atom stereocenters. The van der Waals surface area contributed by atoms with E-state index in [1.54, 1.807) is 0 Å². The van der Waals surface area contributed by atoms with Gasteiger partial charge in [-0.25, -0.2) is 0 Å². The number of amides is 1. The predicted molar refractivity (Wildman–Crippen MR) is 160 cm³/mol. The number of carbonyl (C=O) groups excluding carboxylic acids is 1. The molecule has 1 aromatic rings. The summed E-state index contributed by atoms with van der Waals surface area (Å²) in [6.07, 6.45) is 11.5. The van der Waals surface area contributed by atoms with Gasteiger partial charge < -0.3 is 20.3 Å². The number of allylic oxidation sites excluding steroid dienone is 2. The van der Waals surface area contributed by atoms with Crippen LogP contribution in [0.15, 0.2) is 36.6 Å². The van der Waals surface area contributed by atoms with Crippen molar-refractivity contribution in [3.8, 4) is 5.75 Å². The number of fused-ring (bicyclic) bond motifs is 6. The third kappa shape index (κ3) is 4.56. The number of anilines is 1. The van der Waals surface area contributed by atoms with Gasteiger partial charge in [0.05, 0.1) is 12.2 Å². The highest BCUT2D eigenvalue weighted by molar-refractivity contribution is 5.91. The first kappa shape index (κ1) is 28.0. The molecule has 5 nitrogen and oxygen atoms in total. The highest BCUT2D eigenvalue weighted by atomic mass is 16.5. The van der Waals surface area contributed by atoms with Crippen molar-refractivity contribution in [1.29, 1.82) is 0 Å². The number of hydrogen-bond acceptors (Lipinski definition) is 4. The van der Waals surface area contributed by atoms with Crippen LogP contribution in [0.5, 0.6) is 5.75 Å². The van der Waals surface area contributed by atoms with Crippen LogP contribution in [0.2, 0.25) is 0 Å². The molecule has 6 rings (SSSR count). The van der Waals surface area contributed by atoms with Crippen LogP contribution < -0.4 is 10.1 Å². The Kier molecular flexibility index (Phi) is 7.22. The van der Waals surface area contributed by atoms with Crippen LogP contribution in [-0.2, 0) is 4.79 Å². The van der Waals surface area contributed by atoms with E-state index in [-0.39, 0.29) is 28.9 Å². The average molecular weight is 548 g/mol. The first-order valence-corrected chi connectivity index (χ1v) is 15.9. The van der Waals surface area contributed by atoms with Crippen LogP contribution in [0.25, 0.3) is 5.57 Å². The lowest BCUT2D eigenvalue weighted by Crippen LogP contribution is -2.58. The van der Waals surface area contributed by atoms with E-state index in [2.05, 4.69) is 32.7 Å². The summed E-state index contributed by atoms with van der Waals surface area (Å²) < 4.78 is 5.78. The van der Waals surface area contributed by atoms with Crippen molar-refractivity contribution in [2.75, 3.05) is 5.32 Å². The summed E-state index contributed by atoms with van der Waals surface area (Å²) in [7, 11) is 0. The van der Waals surface area contributed by atoms with Crippen LogP contribution in [0.1, 0.15) is 97.5 Å². The van der Waals surface area contributed by atoms with E-state index in [1.165, 1.54) is 19.3 Å². The number of benzene rings is 1. The Labute approximate surface area is 240 Å². The predicted octanol–water partition coefficient (Wildman–Crippen LogP) is 7.34. The largest absolute Gasteiger partial charge is 0.457 e. The van der Waals surface area contributed by atoms with Gasteiger partial charge in [0, 0.05) is 23.7 Å². The third-order valence-electron chi connectivity index (χ3n) is 12.6. The molecule has 4 saturated carbocycles. The smallest absolute Gasteiger partial charge is 0.224 e. The minimum Gasteiger partial charge on any atom is -0.457 e. The van der Waals surface area contributed by atoms with E-state index in [4.69, 9.17) is 4.74 Å². The summed E-state index contributed by atoms with van der Waals surface area (Å²) >= 11 is 0. The van der Waals surface area contributed by atoms with E-state index < -0.39 is 0 Å². The number of aliphatic hydroxyl groups excluding tert-OH is 2. The molecule has 5 heteroatoms. The van der Waals surface area contributed by atoms with Gasteiger partial charge in [-0.3, -0.25) is 4.79 Å². The van der Waals surface area contributed by atoms with E-state index in [0.717, 1.165) is 61.1 Å². The van der Waals surface area contributed by atoms with Crippen molar-refractivity contribution < 1.29 is 19.7 Å². The monoisotopic (exact) mass is 547 g/mol. The molecule has 3 N–H and O–H groups in total. The van der Waals surface area contributed by atoms with Crippen molar-refractivity contribution >= 4 is 17.2 Å². The van der Waals surface area contributed by atoms with Crippen LogP contribution >= 0.6 is 0 Å². The average Bonchev–Trinajstić information content (AvgIpc) is 3.27. The van der Waals surface area contributed by atoms with Crippen molar-refractivity contribution in [3.63, 3.8) is 0 Å². The quantitative estimate of drug-likeness (QED) is 0.360. The van der Waals surface area contributed by atoms with E-state index in [1.807, 2.05) is 31.2 Å². The first-order chi connectivity index (χ1) is 19.0. The van der Waals surface area contributed by atoms with Crippen LogP contribution in [0.3, 0.4) is 0 Å². The molecular formula is C35H49NO4. The summed E-state index contributed by atoms with van der Waals surface area (Å²) in [5.41, 5.74) is 3.07. The number of nitrogens with one attached hydrogen (secondary N) is 1. The fourth-order valence-electron chi connectivity index (χ4n) is 10.4. The Morgan fingerprint density at radius 2 is 1.93 bits per heavy atom. The molecular weight excluding hydrogens is 498 g/mol. The molecule has 40 heavy (non-hydrogen) atoms. The van der Waals surface area contributed by atoms with Gasteiger partial charge in [-0.2, -0.15) is 0 Å². The number of rotatable bonds is 5. The fourth-order valence-corrected chi connectivity index (χ4v) is 10.4. The second kappa shape index (κ2) is 10.3. The molecule has 0 radical (unpaired) electrons. The number of ether oxygens (including phenoxy) is 1. The van der Waals surface area contributed by atoms with E-state index in [9.17, 15) is 15.0 Å². The molecule has 0 spiro atoms. The minimum atomic E-state index is -0.285. The van der Waals surface area contributed by atoms with E-state index >= 15 is 0 Å². The normalized spacial score (nSPS) is 41.0. The number of aliphatic hydroxyl groups is 2. The standard InChI is InChI=1S/C35H49NO4/c1-20(6-13-33(39)36-24-8-10-26-21(2)16-22(3)40-31(26)18-24)28-11-12-29-27-9-7-23-17-25(37)14-15-34(23,4)30(27)19-32(38)35(28,29)5/h8,10,16,18,20,23,25,27-30,32,37-38H,3,6-7,9,11-15,17,19H2,1-2,4-5H3,(H,36,39). The van der Waals surface area contributed by atoms with Crippen LogP contribution in [-0.4, -0.2) is 28.3 Å². The fraction of sp³-hybridized carbons (Fsp3) is 0.686. The topological polar surface area (TPSA) is 78.8 Å². The van der Waals surface area contributed by atoms with Gasteiger partial charge in [0.1, 0.15) is 11.5 Å². The van der Waals surface area contributed by atoms with Gasteiger partial charge in [-0.15, -0.1) is 0 Å². The lowest BCUT2D eigenvalue weighted by Gasteiger charge is -2.62. The number of hydrogen-bond donors (Lipinski definition) is 3. The number of carbonyl (C=O) groups is 1. The second-order valence-corrected chi connectivity index (χ2v) is 14.6. The van der Waals surface area contributed by atoms with Gasteiger partial charge in [-0.05, 0) is 135 Å². The molecule has 0 bridgehead atoms. The molecule has 1 heterocycles. The minimum absolute atomic E-state index is 0.0309. The van der Waals surface area contributed by atoms with Crippen molar-refractivity contribution in [3.05, 3.63) is 42.2 Å². The van der Waals surface area contributed by atoms with Gasteiger partial charge in [0.25, 0.3) is 0 Å². The zero-order chi connectivity index (χ0) is 28.4. The molecule has 218 valence electrons. The Morgan fingerprint density at radius 3 is 2.73 bits per heavy atom. The highest BCUT2D eigenvalue weighted by Gasteiger charge is 2.63. The molecule has 5 aliphatic rings. The summed E-state index contributed by atoms with van der Waals surface area (Å²) in [6.45, 7) is 13.1. The molecule has 0 saturated heterocycles. The summed E-state index contributed by atoms with van der Waals surface area (Å²) in [5.74, 6) is 4.63. The molecule has 0 aromatic heterocycles. The SMILES string of the molecule is C=C1C=C(C)c2ccc(NC(=O)CCC(C)C3CCC4C5CCC6CC(O)CCC6(C)C5CC(O)C34C)cc2O1. The first-order valence-electron chi connectivity index (χ1n) is 15.9.